The van der Waals surface area contributed by atoms with Crippen LogP contribution in [-0.4, -0.2) is 39.5 Å². The number of aromatic amines is 1. The van der Waals surface area contributed by atoms with Crippen molar-refractivity contribution in [2.24, 2.45) is 5.73 Å². The van der Waals surface area contributed by atoms with Crippen LogP contribution in [0.3, 0.4) is 0 Å². The number of fused-ring (bicyclic) bond motifs is 1. The number of benzene rings is 3. The molecule has 0 aliphatic heterocycles. The van der Waals surface area contributed by atoms with Crippen LogP contribution in [0.1, 0.15) is 35.4 Å². The van der Waals surface area contributed by atoms with Gasteiger partial charge in [0, 0.05) is 36.2 Å². The van der Waals surface area contributed by atoms with Crippen molar-refractivity contribution in [2.45, 2.75) is 32.6 Å². The van der Waals surface area contributed by atoms with Gasteiger partial charge in [-0.2, -0.15) is 0 Å². The molecule has 9 nitrogen and oxygen atoms in total. The molecule has 4 rings (SSSR count). The molecule has 0 bridgehead atoms. The van der Waals surface area contributed by atoms with E-state index >= 15 is 0 Å². The fourth-order valence-electron chi connectivity index (χ4n) is 4.06. The number of carbonyl (C=O) groups is 2. The maximum absolute atomic E-state index is 13.1. The number of nitrogens with one attached hydrogen (secondary N) is 2. The zero-order valence-corrected chi connectivity index (χ0v) is 20.5. The third-order valence-electron chi connectivity index (χ3n) is 6.08. The summed E-state index contributed by atoms with van der Waals surface area (Å²) in [6.45, 7) is 2.07. The number of carboxylic acid groups (broad SMARTS) is 1. The average molecular weight is 500 g/mol. The van der Waals surface area contributed by atoms with Crippen LogP contribution < -0.4 is 15.4 Å². The normalized spacial score (nSPS) is 10.8. The fraction of sp³-hybridized carbons (Fsp3) is 0.214. The Morgan fingerprint density at radius 1 is 1.05 bits per heavy atom. The van der Waals surface area contributed by atoms with Crippen LogP contribution in [0.15, 0.2) is 66.7 Å². The highest BCUT2D eigenvalue weighted by molar-refractivity contribution is 5.95. The van der Waals surface area contributed by atoms with Crippen LogP contribution in [0, 0.1) is 12.3 Å². The zero-order valence-electron chi connectivity index (χ0n) is 20.5. The second-order valence-electron chi connectivity index (χ2n) is 8.73. The van der Waals surface area contributed by atoms with Gasteiger partial charge in [0.1, 0.15) is 17.4 Å². The third kappa shape index (κ3) is 6.32. The minimum Gasteiger partial charge on any atom is -0.481 e. The summed E-state index contributed by atoms with van der Waals surface area (Å²) < 4.78 is 5.75. The van der Waals surface area contributed by atoms with Crippen molar-refractivity contribution in [3.05, 3.63) is 89.2 Å². The predicted octanol–water partition coefficient (Wildman–Crippen LogP) is 4.81. The largest absolute Gasteiger partial charge is 0.481 e. The molecule has 0 saturated heterocycles. The number of rotatable bonds is 10. The number of anilines is 1. The Hall–Kier alpha value is -4.66. The van der Waals surface area contributed by atoms with Gasteiger partial charge in [-0.3, -0.25) is 15.1 Å². The lowest BCUT2D eigenvalue weighted by molar-refractivity contribution is -0.137. The number of carboxylic acids is 1. The highest BCUT2D eigenvalue weighted by atomic mass is 16.6. The number of para-hydroxylation sites is 1. The number of aliphatic carboxylic acids is 1. The number of aryl methyl sites for hydroxylation is 3. The van der Waals surface area contributed by atoms with E-state index in [-0.39, 0.29) is 18.8 Å². The predicted molar refractivity (Wildman–Crippen MR) is 142 cm³/mol. The molecule has 0 saturated carbocycles. The average Bonchev–Trinajstić information content (AvgIpc) is 3.31. The Morgan fingerprint density at radius 2 is 1.78 bits per heavy atom. The van der Waals surface area contributed by atoms with E-state index in [0.717, 1.165) is 34.4 Å². The van der Waals surface area contributed by atoms with Crippen LogP contribution in [0.5, 0.6) is 5.75 Å². The quantitative estimate of drug-likeness (QED) is 0.182. The van der Waals surface area contributed by atoms with Gasteiger partial charge < -0.3 is 20.6 Å². The number of nitrogens with two attached hydrogens (primary N) is 1. The molecule has 1 amide bonds. The number of imidazole rings is 1. The first-order chi connectivity index (χ1) is 17.8. The molecule has 0 aliphatic carbocycles. The van der Waals surface area contributed by atoms with Gasteiger partial charge >= 0.3 is 12.1 Å². The van der Waals surface area contributed by atoms with E-state index in [1.165, 1.54) is 4.90 Å². The first kappa shape index (κ1) is 25.4. The van der Waals surface area contributed by atoms with Gasteiger partial charge in [-0.05, 0) is 49.6 Å². The number of H-pyrrole nitrogens is 1. The molecule has 1 aromatic heterocycles. The summed E-state index contributed by atoms with van der Waals surface area (Å²) in [7, 11) is 0. The number of amidine groups is 1. The highest BCUT2D eigenvalue weighted by Gasteiger charge is 2.20. The first-order valence-electron chi connectivity index (χ1n) is 12.0. The molecule has 9 heteroatoms. The number of hydrogen-bond acceptors (Lipinski definition) is 5. The van der Waals surface area contributed by atoms with Gasteiger partial charge in [0.2, 0.25) is 0 Å². The minimum atomic E-state index is -0.912. The zero-order chi connectivity index (χ0) is 26.4. The number of nitrogen functional groups attached to an aromatic ring is 1. The summed E-state index contributed by atoms with van der Waals surface area (Å²) in [5.74, 6) is 0.347. The lowest BCUT2D eigenvalue weighted by atomic mass is 10.1. The molecule has 0 unspecified atom stereocenters. The van der Waals surface area contributed by atoms with Gasteiger partial charge in [0.05, 0.1) is 11.0 Å². The van der Waals surface area contributed by atoms with Gasteiger partial charge in [-0.1, -0.05) is 42.5 Å². The number of carbonyl (C=O) groups excluding carboxylic acids is 1. The van der Waals surface area contributed by atoms with Gasteiger partial charge in [0.15, 0.2) is 0 Å². The summed E-state index contributed by atoms with van der Waals surface area (Å²) in [6.07, 6.45) is 1.13. The molecule has 0 aliphatic rings. The Morgan fingerprint density at radius 3 is 2.46 bits per heavy atom. The smallest absolute Gasteiger partial charge is 0.419 e. The van der Waals surface area contributed by atoms with Crippen molar-refractivity contribution in [1.82, 2.24) is 9.97 Å². The van der Waals surface area contributed by atoms with Crippen LogP contribution in [0.25, 0.3) is 11.0 Å². The van der Waals surface area contributed by atoms with Gasteiger partial charge in [-0.15, -0.1) is 0 Å². The van der Waals surface area contributed by atoms with Crippen LogP contribution in [0.2, 0.25) is 0 Å². The van der Waals surface area contributed by atoms with Gasteiger partial charge in [-0.25, -0.2) is 9.78 Å². The second-order valence-corrected chi connectivity index (χ2v) is 8.73. The van der Waals surface area contributed by atoms with E-state index in [2.05, 4.69) is 4.98 Å². The molecule has 3 aromatic carbocycles. The SMILES string of the molecule is Cc1c(OC(=O)N(CCCC(=O)O)c2ccccc2)ccc2[nH]c(CCc3ccc(C(=N)N)cc3)nc12. The minimum absolute atomic E-state index is 0.0431. The molecule has 0 fully saturated rings. The number of aromatic nitrogens is 2. The van der Waals surface area contributed by atoms with Crippen molar-refractivity contribution in [1.29, 1.82) is 5.41 Å². The Kier molecular flexibility index (Phi) is 7.83. The maximum atomic E-state index is 13.1. The van der Waals surface area contributed by atoms with Crippen molar-refractivity contribution < 1.29 is 19.4 Å². The molecule has 190 valence electrons. The maximum Gasteiger partial charge on any atom is 0.419 e. The molecule has 0 radical (unpaired) electrons. The van der Waals surface area contributed by atoms with Crippen LogP contribution >= 0.6 is 0 Å². The van der Waals surface area contributed by atoms with Crippen molar-refractivity contribution in [3.8, 4) is 5.75 Å². The van der Waals surface area contributed by atoms with Crippen molar-refractivity contribution in [2.75, 3.05) is 11.4 Å². The molecule has 0 atom stereocenters. The van der Waals surface area contributed by atoms with E-state index in [9.17, 15) is 9.59 Å². The number of hydrogen-bond donors (Lipinski definition) is 4. The summed E-state index contributed by atoms with van der Waals surface area (Å²) in [6, 6.07) is 20.2. The molecule has 4 aromatic rings. The Bertz CT molecular complexity index is 1410. The molecule has 0 spiro atoms. The van der Waals surface area contributed by atoms with E-state index in [0.29, 0.717) is 29.8 Å². The van der Waals surface area contributed by atoms with Gasteiger partial charge in [0.25, 0.3) is 0 Å². The number of amides is 1. The summed E-state index contributed by atoms with van der Waals surface area (Å²) in [5, 5.41) is 16.5. The highest BCUT2D eigenvalue weighted by Crippen LogP contribution is 2.27. The number of nitrogens with zero attached hydrogens (tertiary/aromatic N) is 2. The molecule has 1 heterocycles. The molecule has 37 heavy (non-hydrogen) atoms. The van der Waals surface area contributed by atoms with E-state index in [1.54, 1.807) is 18.2 Å². The summed E-state index contributed by atoms with van der Waals surface area (Å²) in [4.78, 5) is 33.6. The summed E-state index contributed by atoms with van der Waals surface area (Å²) >= 11 is 0. The van der Waals surface area contributed by atoms with E-state index in [1.807, 2.05) is 55.5 Å². The van der Waals surface area contributed by atoms with Crippen molar-refractivity contribution >= 4 is 34.6 Å². The Balaban J connectivity index is 1.48. The molecule has 5 N–H and O–H groups in total. The standard InChI is InChI=1S/C28H29N5O4/c1-18-23(37-28(36)33(17-5-8-25(34)35)21-6-3-2-4-7-21)15-14-22-26(18)32-24(31-22)16-11-19-9-12-20(13-10-19)27(29)30/h2-4,6-7,9-10,12-15H,5,8,11,16-17H2,1H3,(H3,29,30)(H,31,32)(H,34,35). The molecular formula is C28H29N5O4. The first-order valence-corrected chi connectivity index (χ1v) is 12.0. The Labute approximate surface area is 214 Å². The topological polar surface area (TPSA) is 145 Å². The fourth-order valence-corrected chi connectivity index (χ4v) is 4.06. The van der Waals surface area contributed by atoms with E-state index in [4.69, 9.17) is 26.0 Å². The van der Waals surface area contributed by atoms with Crippen LogP contribution in [0.4, 0.5) is 10.5 Å². The van der Waals surface area contributed by atoms with Crippen LogP contribution in [-0.2, 0) is 17.6 Å². The third-order valence-corrected chi connectivity index (χ3v) is 6.08. The molecular weight excluding hydrogens is 470 g/mol. The second kappa shape index (κ2) is 11.4. The van der Waals surface area contributed by atoms with E-state index < -0.39 is 12.1 Å². The summed E-state index contributed by atoms with van der Waals surface area (Å²) in [5.41, 5.74) is 10.3. The lowest BCUT2D eigenvalue weighted by Crippen LogP contribution is -2.34. The monoisotopic (exact) mass is 499 g/mol. The lowest BCUT2D eigenvalue weighted by Gasteiger charge is -2.22. The number of ether oxygens (including phenoxy) is 1. The van der Waals surface area contributed by atoms with Crippen molar-refractivity contribution in [3.63, 3.8) is 0 Å².